The molecular weight excluding hydrogens is 639 g/mol. The molecular formula is C47H35N3S. The van der Waals surface area contributed by atoms with Crippen molar-refractivity contribution in [2.24, 2.45) is 0 Å². The molecule has 0 saturated heterocycles. The van der Waals surface area contributed by atoms with E-state index in [2.05, 4.69) is 158 Å². The predicted octanol–water partition coefficient (Wildman–Crippen LogP) is 13.0. The van der Waals surface area contributed by atoms with Crippen LogP contribution >= 0.6 is 11.3 Å². The lowest BCUT2D eigenvalue weighted by Gasteiger charge is -2.15. The van der Waals surface area contributed by atoms with Crippen molar-refractivity contribution in [3.8, 4) is 28.3 Å². The Hall–Kier alpha value is -5.84. The lowest BCUT2D eigenvalue weighted by atomic mass is 9.90. The first-order chi connectivity index (χ1) is 25.2. The highest BCUT2D eigenvalue weighted by atomic mass is 32.1. The average Bonchev–Trinajstić information content (AvgIpc) is 3.72. The van der Waals surface area contributed by atoms with Crippen molar-refractivity contribution in [3.63, 3.8) is 0 Å². The first-order valence-electron chi connectivity index (χ1n) is 17.9. The van der Waals surface area contributed by atoms with Gasteiger partial charge in [0.25, 0.3) is 0 Å². The number of aryl methyl sites for hydroxylation is 1. The molecule has 3 aromatic heterocycles. The summed E-state index contributed by atoms with van der Waals surface area (Å²) >= 11 is 1.91. The Bertz CT molecular complexity index is 2900. The molecule has 0 aliphatic heterocycles. The highest BCUT2D eigenvalue weighted by molar-refractivity contribution is 7.26. The summed E-state index contributed by atoms with van der Waals surface area (Å²) in [6.45, 7) is 4.53. The van der Waals surface area contributed by atoms with Gasteiger partial charge >= 0.3 is 0 Å². The van der Waals surface area contributed by atoms with E-state index in [4.69, 9.17) is 9.97 Å². The number of thiophene rings is 1. The minimum Gasteiger partial charge on any atom is -0.282 e. The van der Waals surface area contributed by atoms with Crippen molar-refractivity contribution in [1.29, 1.82) is 0 Å². The van der Waals surface area contributed by atoms with Gasteiger partial charge in [0.15, 0.2) is 0 Å². The quantitative estimate of drug-likeness (QED) is 0.182. The zero-order chi connectivity index (χ0) is 34.1. The first kappa shape index (κ1) is 30.0. The average molecular weight is 674 g/mol. The zero-order valence-electron chi connectivity index (χ0n) is 28.7. The van der Waals surface area contributed by atoms with Crippen molar-refractivity contribution in [1.82, 2.24) is 14.5 Å². The van der Waals surface area contributed by atoms with E-state index in [1.54, 1.807) is 0 Å². The van der Waals surface area contributed by atoms with Crippen LogP contribution in [0.15, 0.2) is 140 Å². The second kappa shape index (κ2) is 11.9. The maximum atomic E-state index is 5.42. The zero-order valence-corrected chi connectivity index (χ0v) is 29.5. The molecule has 3 nitrogen and oxygen atoms in total. The van der Waals surface area contributed by atoms with E-state index in [9.17, 15) is 0 Å². The molecule has 0 bridgehead atoms. The monoisotopic (exact) mass is 673 g/mol. The van der Waals surface area contributed by atoms with Gasteiger partial charge in [-0.15, -0.1) is 11.3 Å². The summed E-state index contributed by atoms with van der Waals surface area (Å²) in [4.78, 5) is 10.7. The summed E-state index contributed by atoms with van der Waals surface area (Å²) in [5.74, 6) is 0.691. The van der Waals surface area contributed by atoms with Gasteiger partial charge < -0.3 is 0 Å². The van der Waals surface area contributed by atoms with Crippen LogP contribution in [0.1, 0.15) is 36.6 Å². The smallest absolute Gasteiger partial charge is 0.235 e. The van der Waals surface area contributed by atoms with Crippen molar-refractivity contribution in [2.45, 2.75) is 33.1 Å². The molecule has 0 atom stereocenters. The van der Waals surface area contributed by atoms with E-state index in [1.165, 1.54) is 64.2 Å². The molecule has 4 heteroatoms. The molecule has 3 heterocycles. The van der Waals surface area contributed by atoms with Gasteiger partial charge in [-0.25, -0.2) is 9.97 Å². The summed E-state index contributed by atoms with van der Waals surface area (Å²) in [7, 11) is 0. The topological polar surface area (TPSA) is 30.7 Å². The number of rotatable bonds is 5. The number of aromatic nitrogens is 3. The third-order valence-electron chi connectivity index (χ3n) is 10.6. The van der Waals surface area contributed by atoms with Crippen LogP contribution in [-0.4, -0.2) is 14.5 Å². The second-order valence-electron chi connectivity index (χ2n) is 13.5. The summed E-state index contributed by atoms with van der Waals surface area (Å²) in [6.07, 6.45) is 9.93. The highest BCUT2D eigenvalue weighted by Crippen LogP contribution is 2.45. The van der Waals surface area contributed by atoms with Crippen LogP contribution < -0.4 is 0 Å². The van der Waals surface area contributed by atoms with E-state index >= 15 is 0 Å². The van der Waals surface area contributed by atoms with Crippen LogP contribution in [0.3, 0.4) is 0 Å². The third-order valence-corrected chi connectivity index (χ3v) is 11.8. The van der Waals surface area contributed by atoms with Gasteiger partial charge in [-0.2, -0.15) is 0 Å². The van der Waals surface area contributed by atoms with Crippen molar-refractivity contribution in [2.75, 3.05) is 0 Å². The Kier molecular flexibility index (Phi) is 7.00. The van der Waals surface area contributed by atoms with E-state index in [-0.39, 0.29) is 0 Å². The maximum Gasteiger partial charge on any atom is 0.235 e. The SMILES string of the molecule is CCc1c(-c2c(C)n(-c3nc(-c4ccccc4)c4cc(C5=CCCC=C5)ccc4n3)c3ccccc23)ccc2ccc3c4ccccc4sc3c12. The summed E-state index contributed by atoms with van der Waals surface area (Å²) in [5.41, 5.74) is 11.6. The van der Waals surface area contributed by atoms with Crippen molar-refractivity contribution in [3.05, 3.63) is 156 Å². The maximum absolute atomic E-state index is 5.42. The van der Waals surface area contributed by atoms with E-state index in [0.717, 1.165) is 52.6 Å². The fourth-order valence-electron chi connectivity index (χ4n) is 8.27. The van der Waals surface area contributed by atoms with E-state index in [0.29, 0.717) is 5.95 Å². The molecule has 6 aromatic carbocycles. The number of para-hydroxylation sites is 1. The van der Waals surface area contributed by atoms with Crippen LogP contribution in [0.5, 0.6) is 0 Å². The lowest BCUT2D eigenvalue weighted by Crippen LogP contribution is -2.05. The van der Waals surface area contributed by atoms with Gasteiger partial charge in [0, 0.05) is 53.2 Å². The minimum absolute atomic E-state index is 0.691. The third kappa shape index (κ3) is 4.71. The first-order valence-corrected chi connectivity index (χ1v) is 18.7. The lowest BCUT2D eigenvalue weighted by molar-refractivity contribution is 0.946. The van der Waals surface area contributed by atoms with Gasteiger partial charge in [-0.05, 0) is 78.1 Å². The summed E-state index contributed by atoms with van der Waals surface area (Å²) < 4.78 is 4.99. The van der Waals surface area contributed by atoms with Crippen LogP contribution in [0, 0.1) is 6.92 Å². The van der Waals surface area contributed by atoms with Crippen LogP contribution in [0.2, 0.25) is 0 Å². The molecule has 0 saturated carbocycles. The molecule has 1 aliphatic rings. The molecule has 0 fully saturated rings. The number of fused-ring (bicyclic) bond motifs is 7. The van der Waals surface area contributed by atoms with Crippen molar-refractivity contribution < 1.29 is 0 Å². The standard InChI is InChI=1S/C47H35N3S/c1-3-34-36(25-22-31-23-26-37-35-18-11-13-21-42(35)51-46(37)44(31)34)43-29(2)50(41-20-12-10-19-38(41)43)47-48-40-27-24-33(30-14-6-4-7-15-30)28-39(40)45(49-47)32-16-8-5-9-17-32/h5-6,8-28H,3-4,7H2,1-2H3. The van der Waals surface area contributed by atoms with E-state index in [1.807, 2.05) is 11.3 Å². The Morgan fingerprint density at radius 3 is 2.35 bits per heavy atom. The number of nitrogens with zero attached hydrogens (tertiary/aromatic N) is 3. The number of hydrogen-bond donors (Lipinski definition) is 0. The second-order valence-corrected chi connectivity index (χ2v) is 14.6. The van der Waals surface area contributed by atoms with Crippen LogP contribution in [0.4, 0.5) is 0 Å². The molecule has 0 amide bonds. The number of allylic oxidation sites excluding steroid dienone is 4. The van der Waals surface area contributed by atoms with E-state index < -0.39 is 0 Å². The van der Waals surface area contributed by atoms with Gasteiger partial charge in [-0.1, -0.05) is 122 Å². The Morgan fingerprint density at radius 2 is 1.51 bits per heavy atom. The Morgan fingerprint density at radius 1 is 0.706 bits per heavy atom. The molecule has 10 rings (SSSR count). The molecule has 9 aromatic rings. The summed E-state index contributed by atoms with van der Waals surface area (Å²) in [6, 6.07) is 44.0. The van der Waals surface area contributed by atoms with Crippen LogP contribution in [-0.2, 0) is 6.42 Å². The Labute approximate surface area is 300 Å². The van der Waals surface area contributed by atoms with Crippen molar-refractivity contribution >= 4 is 69.7 Å². The Balaban J connectivity index is 1.23. The molecule has 0 radical (unpaired) electrons. The predicted molar refractivity (Wildman–Crippen MR) is 218 cm³/mol. The molecule has 1 aliphatic carbocycles. The van der Waals surface area contributed by atoms with Gasteiger partial charge in [0.05, 0.1) is 16.7 Å². The highest BCUT2D eigenvalue weighted by Gasteiger charge is 2.23. The molecule has 244 valence electrons. The summed E-state index contributed by atoms with van der Waals surface area (Å²) in [5, 5.41) is 7.61. The fourth-order valence-corrected chi connectivity index (χ4v) is 9.55. The molecule has 0 N–H and O–H groups in total. The minimum atomic E-state index is 0.691. The van der Waals surface area contributed by atoms with Gasteiger partial charge in [-0.3, -0.25) is 4.57 Å². The molecule has 0 unspecified atom stereocenters. The molecule has 0 spiro atoms. The molecule has 51 heavy (non-hydrogen) atoms. The number of hydrogen-bond acceptors (Lipinski definition) is 3. The number of benzene rings is 6. The van der Waals surface area contributed by atoms with Gasteiger partial charge in [0.2, 0.25) is 5.95 Å². The fraction of sp³-hybridized carbons (Fsp3) is 0.106. The largest absolute Gasteiger partial charge is 0.282 e. The van der Waals surface area contributed by atoms with Crippen LogP contribution in [0.25, 0.3) is 86.7 Å². The normalized spacial score (nSPS) is 13.3. The van der Waals surface area contributed by atoms with Gasteiger partial charge in [0.1, 0.15) is 0 Å².